The lowest BCUT2D eigenvalue weighted by Gasteiger charge is -2.14. The van der Waals surface area contributed by atoms with Crippen LogP contribution < -0.4 is 10.2 Å². The number of benzene rings is 1. The summed E-state index contributed by atoms with van der Waals surface area (Å²) >= 11 is 0. The normalized spacial score (nSPS) is 13.6. The van der Waals surface area contributed by atoms with Crippen molar-refractivity contribution in [3.8, 4) is 17.9 Å². The van der Waals surface area contributed by atoms with E-state index < -0.39 is 5.91 Å². The van der Waals surface area contributed by atoms with Crippen molar-refractivity contribution < 1.29 is 18.7 Å². The molecule has 2 aromatic rings. The van der Waals surface area contributed by atoms with Gasteiger partial charge in [-0.15, -0.1) is 0 Å². The second-order valence-corrected chi connectivity index (χ2v) is 6.92. The third-order valence-corrected chi connectivity index (χ3v) is 4.95. The first-order valence-corrected chi connectivity index (χ1v) is 9.66. The summed E-state index contributed by atoms with van der Waals surface area (Å²) in [6.45, 7) is 1.31. The highest BCUT2D eigenvalue weighted by molar-refractivity contribution is 6.07. The van der Waals surface area contributed by atoms with E-state index in [-0.39, 0.29) is 24.8 Å². The minimum atomic E-state index is -0.519. The number of hydrogen-bond donors (Lipinski definition) is 1. The molecule has 31 heavy (non-hydrogen) atoms. The van der Waals surface area contributed by atoms with Crippen LogP contribution in [0.1, 0.15) is 50.6 Å². The maximum atomic E-state index is 12.8. The van der Waals surface area contributed by atoms with Crippen molar-refractivity contribution >= 4 is 17.5 Å². The third kappa shape index (κ3) is 4.57. The molecule has 0 radical (unpaired) electrons. The Labute approximate surface area is 179 Å². The lowest BCUT2D eigenvalue weighted by atomic mass is 9.93. The van der Waals surface area contributed by atoms with Crippen molar-refractivity contribution in [3.05, 3.63) is 52.5 Å². The summed E-state index contributed by atoms with van der Waals surface area (Å²) in [5.74, 6) is 0.355. The van der Waals surface area contributed by atoms with Crippen molar-refractivity contribution in [2.24, 2.45) is 5.10 Å². The summed E-state index contributed by atoms with van der Waals surface area (Å²) in [4.78, 5) is 26.4. The highest BCUT2D eigenvalue weighted by Crippen LogP contribution is 2.30. The molecule has 1 aliphatic rings. The van der Waals surface area contributed by atoms with Crippen LogP contribution in [-0.4, -0.2) is 42.6 Å². The van der Waals surface area contributed by atoms with E-state index in [1.807, 2.05) is 12.1 Å². The van der Waals surface area contributed by atoms with Crippen LogP contribution in [0.25, 0.3) is 0 Å². The number of amides is 2. The quantitative estimate of drug-likeness (QED) is 0.565. The molecule has 0 saturated heterocycles. The average molecular weight is 419 g/mol. The number of fused-ring (bicyclic) bond motifs is 1. The van der Waals surface area contributed by atoms with Crippen LogP contribution in [0.2, 0.25) is 0 Å². The fourth-order valence-corrected chi connectivity index (χ4v) is 3.45. The first-order valence-electron chi connectivity index (χ1n) is 9.66. The summed E-state index contributed by atoms with van der Waals surface area (Å²) in [5, 5.41) is 22.2. The van der Waals surface area contributed by atoms with Gasteiger partial charge in [-0.1, -0.05) is 6.07 Å². The molecule has 0 unspecified atom stereocenters. The van der Waals surface area contributed by atoms with E-state index in [1.54, 1.807) is 31.2 Å². The fraction of sp³-hybridized carbons (Fsp3) is 0.318. The SMILES string of the molecule is COc1cccc(C(=O)N/N=C2\CCCc3oc(C(=O)N(CC#N)CC#N)c(C)c32)c1. The zero-order chi connectivity index (χ0) is 22.4. The van der Waals surface area contributed by atoms with Crippen LogP contribution >= 0.6 is 0 Å². The topological polar surface area (TPSA) is 132 Å². The molecule has 1 heterocycles. The van der Waals surface area contributed by atoms with Gasteiger partial charge < -0.3 is 14.1 Å². The molecular weight excluding hydrogens is 398 g/mol. The number of furan rings is 1. The average Bonchev–Trinajstić information content (AvgIpc) is 3.14. The van der Waals surface area contributed by atoms with E-state index in [1.165, 1.54) is 7.11 Å². The van der Waals surface area contributed by atoms with Gasteiger partial charge in [0.25, 0.3) is 11.8 Å². The summed E-state index contributed by atoms with van der Waals surface area (Å²) < 4.78 is 10.9. The number of rotatable bonds is 6. The maximum Gasteiger partial charge on any atom is 0.291 e. The van der Waals surface area contributed by atoms with Gasteiger partial charge in [-0.2, -0.15) is 15.6 Å². The first kappa shape index (κ1) is 21.6. The van der Waals surface area contributed by atoms with E-state index in [9.17, 15) is 9.59 Å². The zero-order valence-corrected chi connectivity index (χ0v) is 17.3. The number of hydrazone groups is 1. The van der Waals surface area contributed by atoms with Gasteiger partial charge in [0.1, 0.15) is 24.6 Å². The number of methoxy groups -OCH3 is 1. The second kappa shape index (κ2) is 9.59. The molecular formula is C22H21N5O4. The molecule has 0 saturated carbocycles. The number of nitrogens with zero attached hydrogens (tertiary/aromatic N) is 4. The van der Waals surface area contributed by atoms with E-state index >= 15 is 0 Å². The van der Waals surface area contributed by atoms with Crippen LogP contribution in [0.15, 0.2) is 33.8 Å². The van der Waals surface area contributed by atoms with Crippen LogP contribution in [0, 0.1) is 29.6 Å². The number of nitriles is 2. The molecule has 0 spiro atoms. The van der Waals surface area contributed by atoms with Crippen LogP contribution in [0.3, 0.4) is 0 Å². The lowest BCUT2D eigenvalue weighted by Crippen LogP contribution is -2.32. The molecule has 0 bridgehead atoms. The second-order valence-electron chi connectivity index (χ2n) is 6.92. The summed E-state index contributed by atoms with van der Waals surface area (Å²) in [5.41, 5.74) is 4.85. The molecule has 0 aliphatic heterocycles. The van der Waals surface area contributed by atoms with Crippen molar-refractivity contribution in [2.45, 2.75) is 26.2 Å². The molecule has 158 valence electrons. The van der Waals surface area contributed by atoms with Crippen molar-refractivity contribution in [2.75, 3.05) is 20.2 Å². The summed E-state index contributed by atoms with van der Waals surface area (Å²) in [7, 11) is 1.52. The Balaban J connectivity index is 1.87. The van der Waals surface area contributed by atoms with Crippen LogP contribution in [0.4, 0.5) is 0 Å². The molecule has 9 heteroatoms. The Kier molecular flexibility index (Phi) is 6.68. The Bertz CT molecular complexity index is 1100. The molecule has 1 aliphatic carbocycles. The Morgan fingerprint density at radius 2 is 2.00 bits per heavy atom. The Morgan fingerprint density at radius 3 is 2.68 bits per heavy atom. The predicted octanol–water partition coefficient (Wildman–Crippen LogP) is 2.56. The molecule has 9 nitrogen and oxygen atoms in total. The number of hydrogen-bond acceptors (Lipinski definition) is 7. The minimum absolute atomic E-state index is 0.0872. The van der Waals surface area contributed by atoms with Gasteiger partial charge in [-0.05, 0) is 38.0 Å². The molecule has 1 aromatic carbocycles. The van der Waals surface area contributed by atoms with Gasteiger partial charge in [0.05, 0.1) is 25.0 Å². The van der Waals surface area contributed by atoms with Gasteiger partial charge >= 0.3 is 0 Å². The number of aryl methyl sites for hydroxylation is 1. The molecule has 0 fully saturated rings. The Morgan fingerprint density at radius 1 is 1.26 bits per heavy atom. The summed E-state index contributed by atoms with van der Waals surface area (Å²) in [6, 6.07) is 10.5. The first-order chi connectivity index (χ1) is 15.0. The van der Waals surface area contributed by atoms with Gasteiger partial charge in [0.2, 0.25) is 0 Å². The van der Waals surface area contributed by atoms with E-state index in [0.717, 1.165) is 11.3 Å². The number of carbonyl (C=O) groups is 2. The van der Waals surface area contributed by atoms with E-state index in [0.29, 0.717) is 46.8 Å². The van der Waals surface area contributed by atoms with Gasteiger partial charge in [0, 0.05) is 23.1 Å². The van der Waals surface area contributed by atoms with Crippen LogP contribution in [-0.2, 0) is 6.42 Å². The molecule has 1 N–H and O–H groups in total. The van der Waals surface area contributed by atoms with Crippen molar-refractivity contribution in [3.63, 3.8) is 0 Å². The number of ether oxygens (including phenoxy) is 1. The lowest BCUT2D eigenvalue weighted by molar-refractivity contribution is 0.0760. The van der Waals surface area contributed by atoms with Gasteiger partial charge in [0.15, 0.2) is 5.76 Å². The molecule has 2 amide bonds. The van der Waals surface area contributed by atoms with Crippen LogP contribution in [0.5, 0.6) is 5.75 Å². The largest absolute Gasteiger partial charge is 0.497 e. The zero-order valence-electron chi connectivity index (χ0n) is 17.3. The molecule has 0 atom stereocenters. The predicted molar refractivity (Wildman–Crippen MR) is 111 cm³/mol. The van der Waals surface area contributed by atoms with Crippen molar-refractivity contribution in [1.29, 1.82) is 10.5 Å². The molecule has 1 aromatic heterocycles. The number of carbonyl (C=O) groups excluding carboxylic acids is 2. The monoisotopic (exact) mass is 419 g/mol. The highest BCUT2D eigenvalue weighted by atomic mass is 16.5. The summed E-state index contributed by atoms with van der Waals surface area (Å²) in [6.07, 6.45) is 1.99. The van der Waals surface area contributed by atoms with E-state index in [4.69, 9.17) is 19.7 Å². The highest BCUT2D eigenvalue weighted by Gasteiger charge is 2.30. The van der Waals surface area contributed by atoms with E-state index in [2.05, 4.69) is 10.5 Å². The standard InChI is InChI=1S/C22H21N5O4/c1-14-19-17(25-26-21(28)15-5-3-6-16(13-15)30-2)7-4-8-18(19)31-20(14)22(29)27(11-9-23)12-10-24/h3,5-6,13H,4,7-8,11-12H2,1-2H3,(H,26,28)/b25-17+. The fourth-order valence-electron chi connectivity index (χ4n) is 3.45. The smallest absolute Gasteiger partial charge is 0.291 e. The molecule has 3 rings (SSSR count). The van der Waals surface area contributed by atoms with Gasteiger partial charge in [-0.3, -0.25) is 9.59 Å². The Hall–Kier alpha value is -4.11. The van der Waals surface area contributed by atoms with Gasteiger partial charge in [-0.25, -0.2) is 5.43 Å². The number of nitrogens with one attached hydrogen (secondary N) is 1. The maximum absolute atomic E-state index is 12.8. The van der Waals surface area contributed by atoms with Crippen molar-refractivity contribution in [1.82, 2.24) is 10.3 Å². The minimum Gasteiger partial charge on any atom is -0.497 e. The third-order valence-electron chi connectivity index (χ3n) is 4.95.